The van der Waals surface area contributed by atoms with Crippen LogP contribution >= 0.6 is 0 Å². The molecule has 1 N–H and O–H groups in total. The number of carbonyl (C=O) groups is 2. The normalized spacial score (nSPS) is 17.8. The summed E-state index contributed by atoms with van der Waals surface area (Å²) < 4.78 is 13.1. The molecule has 2 aromatic carbocycles. The van der Waals surface area contributed by atoms with E-state index in [4.69, 9.17) is 0 Å². The molecular weight excluding hydrogens is 369 g/mol. The molecule has 0 bridgehead atoms. The van der Waals surface area contributed by atoms with E-state index < -0.39 is 5.41 Å². The van der Waals surface area contributed by atoms with Gasteiger partial charge in [-0.1, -0.05) is 17.7 Å². The number of anilines is 2. The van der Waals surface area contributed by atoms with Gasteiger partial charge in [0.25, 0.3) is 0 Å². The fourth-order valence-electron chi connectivity index (χ4n) is 3.98. The second-order valence-electron chi connectivity index (χ2n) is 8.11. The molecular formula is C23H26FN3O2. The Morgan fingerprint density at radius 1 is 0.966 bits per heavy atom. The summed E-state index contributed by atoms with van der Waals surface area (Å²) in [6, 6.07) is 12.3. The minimum Gasteiger partial charge on any atom is -0.368 e. The summed E-state index contributed by atoms with van der Waals surface area (Å²) in [7, 11) is 0. The van der Waals surface area contributed by atoms with Gasteiger partial charge in [0.05, 0.1) is 0 Å². The first kappa shape index (κ1) is 19.4. The number of nitrogens with zero attached hydrogens (tertiary/aromatic N) is 2. The topological polar surface area (TPSA) is 52.7 Å². The largest absolute Gasteiger partial charge is 0.368 e. The van der Waals surface area contributed by atoms with Gasteiger partial charge in [-0.3, -0.25) is 9.59 Å². The van der Waals surface area contributed by atoms with Gasteiger partial charge in [-0.05, 0) is 62.6 Å². The molecule has 2 amide bonds. The molecule has 0 aromatic heterocycles. The Hall–Kier alpha value is -2.89. The number of benzene rings is 2. The number of piperazine rings is 1. The van der Waals surface area contributed by atoms with E-state index in [1.807, 2.05) is 32.0 Å². The Bertz CT molecular complexity index is 930. The number of halogens is 1. The lowest BCUT2D eigenvalue weighted by molar-refractivity contribution is -0.142. The van der Waals surface area contributed by atoms with Gasteiger partial charge >= 0.3 is 0 Å². The predicted molar refractivity (Wildman–Crippen MR) is 111 cm³/mol. The molecule has 5 nitrogen and oxygen atoms in total. The van der Waals surface area contributed by atoms with Gasteiger partial charge in [-0.25, -0.2) is 4.39 Å². The van der Waals surface area contributed by atoms with Gasteiger partial charge in [0.2, 0.25) is 11.8 Å². The third kappa shape index (κ3) is 3.84. The number of nitrogens with one attached hydrogen (secondary N) is 1. The fraction of sp³-hybridized carbons (Fsp3) is 0.391. The van der Waals surface area contributed by atoms with Crippen LogP contribution in [0.1, 0.15) is 24.0 Å². The Labute approximate surface area is 170 Å². The first-order chi connectivity index (χ1) is 13.9. The molecule has 1 aliphatic heterocycles. The maximum absolute atomic E-state index is 13.1. The van der Waals surface area contributed by atoms with Crippen molar-refractivity contribution in [3.63, 3.8) is 0 Å². The second-order valence-corrected chi connectivity index (χ2v) is 8.11. The third-order valence-corrected chi connectivity index (χ3v) is 5.98. The molecule has 152 valence electrons. The highest BCUT2D eigenvalue weighted by molar-refractivity contribution is 6.13. The maximum atomic E-state index is 13.1. The average molecular weight is 395 g/mol. The van der Waals surface area contributed by atoms with Crippen LogP contribution < -0.4 is 10.2 Å². The first-order valence-corrected chi connectivity index (χ1v) is 10.1. The molecule has 1 saturated heterocycles. The van der Waals surface area contributed by atoms with Crippen molar-refractivity contribution in [2.75, 3.05) is 36.4 Å². The molecule has 0 spiro atoms. The predicted octanol–water partition coefficient (Wildman–Crippen LogP) is 3.51. The number of amides is 2. The lowest BCUT2D eigenvalue weighted by Gasteiger charge is -2.37. The van der Waals surface area contributed by atoms with Crippen LogP contribution in [0.25, 0.3) is 0 Å². The summed E-state index contributed by atoms with van der Waals surface area (Å²) >= 11 is 0. The first-order valence-electron chi connectivity index (χ1n) is 10.1. The van der Waals surface area contributed by atoms with E-state index in [2.05, 4.69) is 10.2 Å². The average Bonchev–Trinajstić information content (AvgIpc) is 3.52. The van der Waals surface area contributed by atoms with E-state index in [0.717, 1.165) is 22.5 Å². The van der Waals surface area contributed by atoms with E-state index >= 15 is 0 Å². The molecule has 2 fully saturated rings. The number of aryl methyl sites for hydroxylation is 2. The number of rotatable bonds is 4. The number of carbonyl (C=O) groups excluding carboxylic acids is 2. The number of hydrogen-bond acceptors (Lipinski definition) is 3. The molecule has 0 radical (unpaired) electrons. The van der Waals surface area contributed by atoms with Crippen molar-refractivity contribution in [2.45, 2.75) is 26.7 Å². The maximum Gasteiger partial charge on any atom is 0.240 e. The molecule has 0 atom stereocenters. The molecule has 1 aliphatic carbocycles. The van der Waals surface area contributed by atoms with Crippen LogP contribution in [0.15, 0.2) is 42.5 Å². The molecule has 1 saturated carbocycles. The van der Waals surface area contributed by atoms with Crippen LogP contribution in [-0.2, 0) is 9.59 Å². The van der Waals surface area contributed by atoms with E-state index in [1.54, 1.807) is 17.0 Å². The summed E-state index contributed by atoms with van der Waals surface area (Å²) in [5, 5.41) is 2.97. The zero-order valence-corrected chi connectivity index (χ0v) is 16.9. The van der Waals surface area contributed by atoms with Gasteiger partial charge in [0.15, 0.2) is 0 Å². The summed E-state index contributed by atoms with van der Waals surface area (Å²) in [4.78, 5) is 30.0. The fourth-order valence-corrected chi connectivity index (χ4v) is 3.98. The zero-order chi connectivity index (χ0) is 20.6. The monoisotopic (exact) mass is 395 g/mol. The van der Waals surface area contributed by atoms with E-state index in [9.17, 15) is 14.0 Å². The summed E-state index contributed by atoms with van der Waals surface area (Å²) in [6.07, 6.45) is 1.20. The molecule has 1 heterocycles. The second kappa shape index (κ2) is 7.50. The van der Waals surface area contributed by atoms with Gasteiger partial charge in [0, 0.05) is 37.6 Å². The highest BCUT2D eigenvalue weighted by atomic mass is 19.1. The van der Waals surface area contributed by atoms with Crippen LogP contribution in [0.2, 0.25) is 0 Å². The lowest BCUT2D eigenvalue weighted by atomic mass is 10.0. The highest BCUT2D eigenvalue weighted by Crippen LogP contribution is 2.48. The van der Waals surface area contributed by atoms with E-state index in [-0.39, 0.29) is 17.6 Å². The standard InChI is InChI=1S/C23H26FN3O2/c1-16-3-8-20(17(2)15-16)25-21(28)23(9-10-23)22(29)27-13-11-26(12-14-27)19-6-4-18(24)5-7-19/h3-8,15H,9-14H2,1-2H3,(H,25,28). The van der Waals surface area contributed by atoms with Crippen molar-refractivity contribution < 1.29 is 14.0 Å². The van der Waals surface area contributed by atoms with Crippen LogP contribution in [0.5, 0.6) is 0 Å². The van der Waals surface area contributed by atoms with Crippen LogP contribution in [0.3, 0.4) is 0 Å². The van der Waals surface area contributed by atoms with Crippen molar-refractivity contribution in [2.24, 2.45) is 5.41 Å². The molecule has 6 heteroatoms. The van der Waals surface area contributed by atoms with Gasteiger partial charge in [-0.15, -0.1) is 0 Å². The lowest BCUT2D eigenvalue weighted by Crippen LogP contribution is -2.52. The van der Waals surface area contributed by atoms with Crippen molar-refractivity contribution in [1.82, 2.24) is 4.90 Å². The minimum atomic E-state index is -0.921. The molecule has 4 rings (SSSR count). The summed E-state index contributed by atoms with van der Waals surface area (Å²) in [5.41, 5.74) is 2.93. The highest BCUT2D eigenvalue weighted by Gasteiger charge is 2.58. The Balaban J connectivity index is 1.39. The number of hydrogen-bond donors (Lipinski definition) is 1. The smallest absolute Gasteiger partial charge is 0.240 e. The van der Waals surface area contributed by atoms with E-state index in [0.29, 0.717) is 39.0 Å². The Kier molecular flexibility index (Phi) is 5.03. The van der Waals surface area contributed by atoms with Crippen LogP contribution in [0, 0.1) is 25.1 Å². The quantitative estimate of drug-likeness (QED) is 0.806. The summed E-state index contributed by atoms with van der Waals surface area (Å²) in [5.74, 6) is -0.526. The van der Waals surface area contributed by atoms with Crippen molar-refractivity contribution >= 4 is 23.2 Å². The van der Waals surface area contributed by atoms with Crippen molar-refractivity contribution in [3.05, 3.63) is 59.4 Å². The van der Waals surface area contributed by atoms with Gasteiger partial charge < -0.3 is 15.1 Å². The summed E-state index contributed by atoms with van der Waals surface area (Å²) in [6.45, 7) is 6.44. The van der Waals surface area contributed by atoms with Crippen molar-refractivity contribution in [1.29, 1.82) is 0 Å². The third-order valence-electron chi connectivity index (χ3n) is 5.98. The van der Waals surface area contributed by atoms with Crippen LogP contribution in [0.4, 0.5) is 15.8 Å². The molecule has 2 aromatic rings. The minimum absolute atomic E-state index is 0.0708. The SMILES string of the molecule is Cc1ccc(NC(=O)C2(C(=O)N3CCN(c4ccc(F)cc4)CC3)CC2)c(C)c1. The molecule has 0 unspecified atom stereocenters. The van der Waals surface area contributed by atoms with Gasteiger partial charge in [-0.2, -0.15) is 0 Å². The molecule has 2 aliphatic rings. The van der Waals surface area contributed by atoms with Crippen LogP contribution in [-0.4, -0.2) is 42.9 Å². The van der Waals surface area contributed by atoms with Gasteiger partial charge in [0.1, 0.15) is 11.2 Å². The zero-order valence-electron chi connectivity index (χ0n) is 16.9. The Morgan fingerprint density at radius 3 is 2.21 bits per heavy atom. The Morgan fingerprint density at radius 2 is 1.62 bits per heavy atom. The van der Waals surface area contributed by atoms with E-state index in [1.165, 1.54) is 12.1 Å². The molecule has 29 heavy (non-hydrogen) atoms. The van der Waals surface area contributed by atoms with Crippen molar-refractivity contribution in [3.8, 4) is 0 Å².